The average molecular weight is 294 g/mol. The SMILES string of the molecule is CN1CCC[C@H]1[C@@H]1CCCN1C(=O)COC1CCCCC1. The van der Waals surface area contributed by atoms with E-state index in [-0.39, 0.29) is 5.91 Å². The van der Waals surface area contributed by atoms with E-state index in [1.165, 1.54) is 45.1 Å². The van der Waals surface area contributed by atoms with Crippen LogP contribution in [-0.2, 0) is 9.53 Å². The van der Waals surface area contributed by atoms with E-state index >= 15 is 0 Å². The van der Waals surface area contributed by atoms with Gasteiger partial charge in [0.25, 0.3) is 0 Å². The zero-order chi connectivity index (χ0) is 14.7. The van der Waals surface area contributed by atoms with Gasteiger partial charge in [-0.15, -0.1) is 0 Å². The zero-order valence-corrected chi connectivity index (χ0v) is 13.4. The Kier molecular flexibility index (Phi) is 5.17. The van der Waals surface area contributed by atoms with Crippen molar-refractivity contribution in [2.75, 3.05) is 26.7 Å². The number of ether oxygens (including phenoxy) is 1. The molecule has 2 heterocycles. The van der Waals surface area contributed by atoms with Crippen LogP contribution in [0.4, 0.5) is 0 Å². The monoisotopic (exact) mass is 294 g/mol. The van der Waals surface area contributed by atoms with Crippen molar-refractivity contribution < 1.29 is 9.53 Å². The lowest BCUT2D eigenvalue weighted by Crippen LogP contribution is -2.48. The van der Waals surface area contributed by atoms with Crippen molar-refractivity contribution in [3.8, 4) is 0 Å². The maximum atomic E-state index is 12.5. The summed E-state index contributed by atoms with van der Waals surface area (Å²) in [5.74, 6) is 0.225. The largest absolute Gasteiger partial charge is 0.368 e. The van der Waals surface area contributed by atoms with Crippen LogP contribution in [0.3, 0.4) is 0 Å². The standard InChI is InChI=1S/C17H30N2O2/c1-18-11-5-9-15(18)16-10-6-12-19(16)17(20)13-21-14-7-3-2-4-8-14/h14-16H,2-13H2,1H3/t15-,16-/m0/s1. The van der Waals surface area contributed by atoms with Crippen molar-refractivity contribution >= 4 is 5.91 Å². The van der Waals surface area contributed by atoms with E-state index in [0.717, 1.165) is 25.8 Å². The molecular formula is C17H30N2O2. The number of hydrogen-bond donors (Lipinski definition) is 0. The van der Waals surface area contributed by atoms with Gasteiger partial charge in [-0.05, 0) is 52.1 Å². The molecule has 3 aliphatic rings. The number of likely N-dealkylation sites (tertiary alicyclic amines) is 2. The Morgan fingerprint density at radius 2 is 1.67 bits per heavy atom. The van der Waals surface area contributed by atoms with Gasteiger partial charge in [-0.3, -0.25) is 4.79 Å². The molecule has 0 aromatic carbocycles. The third-order valence-corrected chi connectivity index (χ3v) is 5.64. The van der Waals surface area contributed by atoms with Gasteiger partial charge < -0.3 is 14.5 Å². The highest BCUT2D eigenvalue weighted by Crippen LogP contribution is 2.29. The van der Waals surface area contributed by atoms with Crippen LogP contribution in [0.1, 0.15) is 57.8 Å². The van der Waals surface area contributed by atoms with Crippen LogP contribution in [0.2, 0.25) is 0 Å². The number of carbonyl (C=O) groups excluding carboxylic acids is 1. The van der Waals surface area contributed by atoms with Gasteiger partial charge in [-0.25, -0.2) is 0 Å². The number of hydrogen-bond acceptors (Lipinski definition) is 3. The van der Waals surface area contributed by atoms with Gasteiger partial charge in [-0.2, -0.15) is 0 Å². The first kappa shape index (κ1) is 15.3. The van der Waals surface area contributed by atoms with E-state index in [2.05, 4.69) is 16.8 Å². The maximum Gasteiger partial charge on any atom is 0.248 e. The van der Waals surface area contributed by atoms with E-state index in [4.69, 9.17) is 4.74 Å². The second kappa shape index (κ2) is 7.10. The molecule has 2 saturated heterocycles. The molecule has 1 saturated carbocycles. The Bertz CT molecular complexity index is 355. The molecule has 0 N–H and O–H groups in total. The summed E-state index contributed by atoms with van der Waals surface area (Å²) in [5, 5.41) is 0. The maximum absolute atomic E-state index is 12.5. The van der Waals surface area contributed by atoms with Crippen LogP contribution in [0.15, 0.2) is 0 Å². The molecule has 0 aromatic rings. The lowest BCUT2D eigenvalue weighted by atomic mass is 9.98. The Hall–Kier alpha value is -0.610. The van der Waals surface area contributed by atoms with E-state index < -0.39 is 0 Å². The predicted molar refractivity (Wildman–Crippen MR) is 83.2 cm³/mol. The molecule has 0 bridgehead atoms. The highest BCUT2D eigenvalue weighted by molar-refractivity contribution is 5.78. The van der Waals surface area contributed by atoms with E-state index in [9.17, 15) is 4.79 Å². The van der Waals surface area contributed by atoms with Gasteiger partial charge >= 0.3 is 0 Å². The van der Waals surface area contributed by atoms with Gasteiger partial charge in [0.1, 0.15) is 6.61 Å². The fourth-order valence-corrected chi connectivity index (χ4v) is 4.43. The van der Waals surface area contributed by atoms with Crippen LogP contribution >= 0.6 is 0 Å². The van der Waals surface area contributed by atoms with Crippen LogP contribution in [0, 0.1) is 0 Å². The Labute approximate surface area is 128 Å². The highest BCUT2D eigenvalue weighted by Gasteiger charge is 2.38. The Morgan fingerprint density at radius 3 is 2.38 bits per heavy atom. The van der Waals surface area contributed by atoms with Gasteiger partial charge in [-0.1, -0.05) is 19.3 Å². The molecule has 2 aliphatic heterocycles. The number of amides is 1. The molecule has 0 aromatic heterocycles. The predicted octanol–water partition coefficient (Wildman–Crippen LogP) is 2.42. The minimum atomic E-state index is 0.225. The fourth-order valence-electron chi connectivity index (χ4n) is 4.43. The third-order valence-electron chi connectivity index (χ3n) is 5.64. The summed E-state index contributed by atoms with van der Waals surface area (Å²) in [7, 11) is 2.21. The number of rotatable bonds is 4. The summed E-state index contributed by atoms with van der Waals surface area (Å²) in [6.45, 7) is 2.42. The minimum absolute atomic E-state index is 0.225. The first-order chi connectivity index (χ1) is 10.3. The van der Waals surface area contributed by atoms with Crippen LogP contribution in [0.5, 0.6) is 0 Å². The molecule has 0 spiro atoms. The molecule has 120 valence electrons. The van der Waals surface area contributed by atoms with Crippen molar-refractivity contribution in [3.05, 3.63) is 0 Å². The van der Waals surface area contributed by atoms with Crippen molar-refractivity contribution in [2.45, 2.75) is 76.0 Å². The van der Waals surface area contributed by atoms with Crippen LogP contribution in [0.25, 0.3) is 0 Å². The molecule has 4 nitrogen and oxygen atoms in total. The van der Waals surface area contributed by atoms with Crippen LogP contribution < -0.4 is 0 Å². The molecule has 4 heteroatoms. The number of nitrogens with zero attached hydrogens (tertiary/aromatic N) is 2. The topological polar surface area (TPSA) is 32.8 Å². The second-order valence-electron chi connectivity index (χ2n) is 7.06. The summed E-state index contributed by atoms with van der Waals surface area (Å²) in [6.07, 6.45) is 11.3. The number of likely N-dealkylation sites (N-methyl/N-ethyl adjacent to an activating group) is 1. The van der Waals surface area contributed by atoms with E-state index in [1.54, 1.807) is 0 Å². The lowest BCUT2D eigenvalue weighted by Gasteiger charge is -2.33. The van der Waals surface area contributed by atoms with Gasteiger partial charge in [0.2, 0.25) is 5.91 Å². The summed E-state index contributed by atoms with van der Waals surface area (Å²) >= 11 is 0. The second-order valence-corrected chi connectivity index (χ2v) is 7.06. The molecule has 0 radical (unpaired) electrons. The Balaban J connectivity index is 1.50. The van der Waals surface area contributed by atoms with Crippen molar-refractivity contribution in [3.63, 3.8) is 0 Å². The van der Waals surface area contributed by atoms with E-state index in [0.29, 0.717) is 24.8 Å². The highest BCUT2D eigenvalue weighted by atomic mass is 16.5. The molecule has 2 atom stereocenters. The van der Waals surface area contributed by atoms with Gasteiger partial charge in [0.05, 0.1) is 6.10 Å². The molecule has 21 heavy (non-hydrogen) atoms. The van der Waals surface area contributed by atoms with Crippen molar-refractivity contribution in [2.24, 2.45) is 0 Å². The number of carbonyl (C=O) groups is 1. The smallest absolute Gasteiger partial charge is 0.248 e. The molecule has 0 unspecified atom stereocenters. The molecule has 3 rings (SSSR count). The van der Waals surface area contributed by atoms with Crippen molar-refractivity contribution in [1.29, 1.82) is 0 Å². The first-order valence-electron chi connectivity index (χ1n) is 8.87. The summed E-state index contributed by atoms with van der Waals surface area (Å²) in [4.78, 5) is 17.1. The summed E-state index contributed by atoms with van der Waals surface area (Å²) < 4.78 is 5.89. The molecule has 1 aliphatic carbocycles. The molecular weight excluding hydrogens is 264 g/mol. The fraction of sp³-hybridized carbons (Fsp3) is 0.941. The first-order valence-corrected chi connectivity index (χ1v) is 8.87. The summed E-state index contributed by atoms with van der Waals surface area (Å²) in [5.41, 5.74) is 0. The third kappa shape index (κ3) is 3.59. The normalized spacial score (nSPS) is 32.0. The average Bonchev–Trinajstić information content (AvgIpc) is 3.14. The van der Waals surface area contributed by atoms with Gasteiger partial charge in [0.15, 0.2) is 0 Å². The van der Waals surface area contributed by atoms with E-state index in [1.807, 2.05) is 0 Å². The van der Waals surface area contributed by atoms with Crippen molar-refractivity contribution in [1.82, 2.24) is 9.80 Å². The molecule has 3 fully saturated rings. The Morgan fingerprint density at radius 1 is 0.952 bits per heavy atom. The van der Waals surface area contributed by atoms with Gasteiger partial charge in [0, 0.05) is 18.6 Å². The minimum Gasteiger partial charge on any atom is -0.368 e. The molecule has 1 amide bonds. The summed E-state index contributed by atoms with van der Waals surface area (Å²) in [6, 6.07) is 1.01. The quantitative estimate of drug-likeness (QED) is 0.798. The zero-order valence-electron chi connectivity index (χ0n) is 13.4. The lowest BCUT2D eigenvalue weighted by molar-refractivity contribution is -0.140. The van der Waals surface area contributed by atoms with Crippen LogP contribution in [-0.4, -0.2) is 60.6 Å².